The van der Waals surface area contributed by atoms with E-state index in [0.29, 0.717) is 5.69 Å². The molecular formula is C9H7NO4S. The number of hydrogen-bond donors (Lipinski definition) is 1. The highest BCUT2D eigenvalue weighted by molar-refractivity contribution is 7.14. The van der Waals surface area contributed by atoms with Crippen LogP contribution in [0.4, 0.5) is 0 Å². The van der Waals surface area contributed by atoms with Crippen LogP contribution in [0.2, 0.25) is 0 Å². The van der Waals surface area contributed by atoms with Crippen LogP contribution in [-0.2, 0) is 9.53 Å². The minimum absolute atomic E-state index is 0.129. The molecule has 1 rings (SSSR count). The molecular weight excluding hydrogens is 218 g/mol. The molecule has 1 aromatic heterocycles. The Bertz CT molecular complexity index is 466. The van der Waals surface area contributed by atoms with Gasteiger partial charge >= 0.3 is 11.9 Å². The van der Waals surface area contributed by atoms with Crippen LogP contribution in [0.5, 0.6) is 0 Å². The lowest BCUT2D eigenvalue weighted by Crippen LogP contribution is -1.94. The molecule has 1 heterocycles. The number of aromatic carboxylic acids is 1. The maximum atomic E-state index is 10.7. The largest absolute Gasteiger partial charge is 0.477 e. The summed E-state index contributed by atoms with van der Waals surface area (Å²) in [6.07, 6.45) is 0. The van der Waals surface area contributed by atoms with Crippen LogP contribution < -0.4 is 0 Å². The zero-order chi connectivity index (χ0) is 11.4. The molecule has 0 aliphatic rings. The van der Waals surface area contributed by atoms with Crippen molar-refractivity contribution in [2.45, 2.75) is 6.92 Å². The maximum absolute atomic E-state index is 10.7. The second-order valence-corrected chi connectivity index (χ2v) is 3.48. The lowest BCUT2D eigenvalue weighted by atomic mass is 10.4. The minimum atomic E-state index is -1.05. The van der Waals surface area contributed by atoms with Gasteiger partial charge in [-0.15, -0.1) is 0 Å². The average Bonchev–Trinajstić information content (AvgIpc) is 2.56. The fourth-order valence-corrected chi connectivity index (χ4v) is 1.56. The Morgan fingerprint density at radius 3 is 2.67 bits per heavy atom. The molecule has 0 aromatic carbocycles. The van der Waals surface area contributed by atoms with E-state index in [1.807, 2.05) is 0 Å². The van der Waals surface area contributed by atoms with Crippen LogP contribution in [0.3, 0.4) is 0 Å². The zero-order valence-electron chi connectivity index (χ0n) is 8.03. The summed E-state index contributed by atoms with van der Waals surface area (Å²) in [6, 6.07) is 0. The Kier molecular flexibility index (Phi) is 3.42. The van der Waals surface area contributed by atoms with Crippen LogP contribution >= 0.6 is 11.3 Å². The molecule has 0 amide bonds. The van der Waals surface area contributed by atoms with E-state index in [0.717, 1.165) is 11.3 Å². The number of esters is 1. The van der Waals surface area contributed by atoms with Crippen molar-refractivity contribution < 1.29 is 19.4 Å². The number of aryl methyl sites for hydroxylation is 1. The smallest absolute Gasteiger partial charge is 0.384 e. The van der Waals surface area contributed by atoms with Crippen molar-refractivity contribution in [3.8, 4) is 11.8 Å². The summed E-state index contributed by atoms with van der Waals surface area (Å²) < 4.78 is 4.30. The Hall–Kier alpha value is -1.87. The third-order valence-corrected chi connectivity index (χ3v) is 2.51. The average molecular weight is 225 g/mol. The fourth-order valence-electron chi connectivity index (χ4n) is 0.804. The van der Waals surface area contributed by atoms with Gasteiger partial charge in [-0.1, -0.05) is 11.3 Å². The number of hydrogen-bond acceptors (Lipinski definition) is 5. The third-order valence-electron chi connectivity index (χ3n) is 1.45. The summed E-state index contributed by atoms with van der Waals surface area (Å²) in [7, 11) is 1.22. The third kappa shape index (κ3) is 2.79. The normalized spacial score (nSPS) is 8.93. The van der Waals surface area contributed by atoms with Gasteiger partial charge in [0.25, 0.3) is 0 Å². The highest BCUT2D eigenvalue weighted by Crippen LogP contribution is 2.16. The van der Waals surface area contributed by atoms with Crippen molar-refractivity contribution in [2.75, 3.05) is 7.11 Å². The number of carboxylic acid groups (broad SMARTS) is 1. The van der Waals surface area contributed by atoms with Crippen molar-refractivity contribution in [2.24, 2.45) is 0 Å². The first kappa shape index (κ1) is 11.2. The van der Waals surface area contributed by atoms with E-state index in [-0.39, 0.29) is 9.88 Å². The van der Waals surface area contributed by atoms with E-state index in [1.165, 1.54) is 7.11 Å². The van der Waals surface area contributed by atoms with E-state index in [2.05, 4.69) is 21.6 Å². The molecule has 15 heavy (non-hydrogen) atoms. The number of nitrogens with zero attached hydrogens (tertiary/aromatic N) is 1. The van der Waals surface area contributed by atoms with Gasteiger partial charge in [0, 0.05) is 5.92 Å². The Balaban J connectivity index is 2.97. The first-order valence-corrected chi connectivity index (χ1v) is 4.67. The second-order valence-electron chi connectivity index (χ2n) is 2.48. The quantitative estimate of drug-likeness (QED) is 0.561. The first-order chi connectivity index (χ1) is 7.04. The number of carboxylic acids is 1. The SMILES string of the molecule is COC(=O)C#Cc1nc(C)c(C(=O)O)s1. The van der Waals surface area contributed by atoms with Crippen LogP contribution in [0, 0.1) is 18.8 Å². The topological polar surface area (TPSA) is 76.5 Å². The van der Waals surface area contributed by atoms with Crippen LogP contribution in [-0.4, -0.2) is 29.1 Å². The molecule has 0 unspecified atom stereocenters. The van der Waals surface area contributed by atoms with Gasteiger partial charge in [-0.2, -0.15) is 0 Å². The van der Waals surface area contributed by atoms with Crippen LogP contribution in [0.25, 0.3) is 0 Å². The van der Waals surface area contributed by atoms with Gasteiger partial charge in [0.2, 0.25) is 0 Å². The second kappa shape index (κ2) is 4.57. The van der Waals surface area contributed by atoms with Crippen molar-refractivity contribution in [1.82, 2.24) is 4.98 Å². The van der Waals surface area contributed by atoms with Gasteiger partial charge in [0.15, 0.2) is 5.01 Å². The Morgan fingerprint density at radius 2 is 2.20 bits per heavy atom. The van der Waals surface area contributed by atoms with Crippen LogP contribution in [0.15, 0.2) is 0 Å². The van der Waals surface area contributed by atoms with Crippen molar-refractivity contribution in [3.05, 3.63) is 15.6 Å². The molecule has 0 fully saturated rings. The lowest BCUT2D eigenvalue weighted by Gasteiger charge is -1.84. The number of carbonyl (C=O) groups is 2. The highest BCUT2D eigenvalue weighted by atomic mass is 32.1. The number of ether oxygens (including phenoxy) is 1. The maximum Gasteiger partial charge on any atom is 0.384 e. The van der Waals surface area contributed by atoms with Crippen molar-refractivity contribution in [3.63, 3.8) is 0 Å². The summed E-state index contributed by atoms with van der Waals surface area (Å²) in [4.78, 5) is 25.4. The van der Waals surface area contributed by atoms with E-state index in [1.54, 1.807) is 6.92 Å². The fraction of sp³-hybridized carbons (Fsp3) is 0.222. The van der Waals surface area contributed by atoms with Gasteiger partial charge in [0.1, 0.15) is 4.88 Å². The molecule has 0 atom stereocenters. The molecule has 5 nitrogen and oxygen atoms in total. The number of rotatable bonds is 1. The standard InChI is InChI=1S/C9H7NO4S/c1-5-8(9(12)13)15-6(10-5)3-4-7(11)14-2/h1-2H3,(H,12,13). The number of methoxy groups -OCH3 is 1. The molecule has 0 radical (unpaired) electrons. The van der Waals surface area contributed by atoms with Gasteiger partial charge in [-0.25, -0.2) is 14.6 Å². The summed E-state index contributed by atoms with van der Waals surface area (Å²) in [5, 5.41) is 9.02. The van der Waals surface area contributed by atoms with E-state index < -0.39 is 11.9 Å². The van der Waals surface area contributed by atoms with Crippen LogP contribution in [0.1, 0.15) is 20.4 Å². The van der Waals surface area contributed by atoms with E-state index in [9.17, 15) is 9.59 Å². The summed E-state index contributed by atoms with van der Waals surface area (Å²) >= 11 is 0.928. The molecule has 0 bridgehead atoms. The molecule has 0 saturated heterocycles. The minimum Gasteiger partial charge on any atom is -0.477 e. The molecule has 0 saturated carbocycles. The number of thiazole rings is 1. The highest BCUT2D eigenvalue weighted by Gasteiger charge is 2.12. The van der Waals surface area contributed by atoms with Crippen molar-refractivity contribution >= 4 is 23.3 Å². The molecule has 1 aromatic rings. The predicted molar refractivity (Wildman–Crippen MR) is 52.7 cm³/mol. The van der Waals surface area contributed by atoms with Gasteiger partial charge in [0.05, 0.1) is 12.8 Å². The lowest BCUT2D eigenvalue weighted by molar-refractivity contribution is -0.133. The summed E-state index contributed by atoms with van der Waals surface area (Å²) in [5.41, 5.74) is 0.390. The molecule has 1 N–H and O–H groups in total. The monoisotopic (exact) mass is 225 g/mol. The zero-order valence-corrected chi connectivity index (χ0v) is 8.84. The molecule has 0 spiro atoms. The van der Waals surface area contributed by atoms with Gasteiger partial charge in [-0.05, 0) is 12.8 Å². The Labute approximate surface area is 89.7 Å². The van der Waals surface area contributed by atoms with Gasteiger partial charge < -0.3 is 9.84 Å². The van der Waals surface area contributed by atoms with E-state index in [4.69, 9.17) is 5.11 Å². The molecule has 6 heteroatoms. The summed E-state index contributed by atoms with van der Waals surface area (Å²) in [5.74, 6) is 2.88. The summed E-state index contributed by atoms with van der Waals surface area (Å²) in [6.45, 7) is 1.57. The molecule has 78 valence electrons. The number of carbonyl (C=O) groups excluding carboxylic acids is 1. The van der Waals surface area contributed by atoms with E-state index >= 15 is 0 Å². The molecule has 0 aliphatic carbocycles. The number of aromatic nitrogens is 1. The predicted octanol–water partition coefficient (Wildman–Crippen LogP) is 0.674. The Morgan fingerprint density at radius 1 is 1.53 bits per heavy atom. The molecule has 0 aliphatic heterocycles. The van der Waals surface area contributed by atoms with Gasteiger partial charge in [-0.3, -0.25) is 0 Å². The van der Waals surface area contributed by atoms with Crippen molar-refractivity contribution in [1.29, 1.82) is 0 Å². The first-order valence-electron chi connectivity index (χ1n) is 3.85.